The lowest BCUT2D eigenvalue weighted by atomic mass is 10.1. The molecule has 3 nitrogen and oxygen atoms in total. The molecule has 0 bridgehead atoms. The van der Waals surface area contributed by atoms with Crippen molar-refractivity contribution in [3.63, 3.8) is 0 Å². The highest BCUT2D eigenvalue weighted by Crippen LogP contribution is 2.23. The quantitative estimate of drug-likeness (QED) is 0.652. The number of anilines is 1. The highest BCUT2D eigenvalue weighted by Gasteiger charge is 2.15. The summed E-state index contributed by atoms with van der Waals surface area (Å²) >= 11 is 10.1. The fourth-order valence-corrected chi connectivity index (χ4v) is 4.74. The van der Waals surface area contributed by atoms with E-state index in [2.05, 4.69) is 38.9 Å². The van der Waals surface area contributed by atoms with Crippen molar-refractivity contribution in [3.05, 3.63) is 62.2 Å². The molecule has 6 heteroatoms. The van der Waals surface area contributed by atoms with Crippen molar-refractivity contribution in [1.82, 2.24) is 4.90 Å². The van der Waals surface area contributed by atoms with E-state index in [1.54, 1.807) is 18.2 Å². The molecule has 2 aromatic carbocycles. The summed E-state index contributed by atoms with van der Waals surface area (Å²) < 4.78 is 0.850. The third-order valence-electron chi connectivity index (χ3n) is 3.94. The molecule has 1 amide bonds. The van der Waals surface area contributed by atoms with Crippen LogP contribution in [0, 0.1) is 3.57 Å². The van der Waals surface area contributed by atoms with Crippen LogP contribution in [-0.2, 0) is 6.54 Å². The first-order valence-corrected chi connectivity index (χ1v) is 10.4. The third kappa shape index (κ3) is 4.65. The molecule has 3 rings (SSSR count). The topological polar surface area (TPSA) is 32.3 Å². The molecule has 0 atom stereocenters. The first-order chi connectivity index (χ1) is 11.6. The second-order valence-electron chi connectivity index (χ2n) is 5.62. The number of nitrogens with one attached hydrogen (secondary N) is 1. The van der Waals surface area contributed by atoms with E-state index in [-0.39, 0.29) is 5.91 Å². The van der Waals surface area contributed by atoms with Crippen LogP contribution in [-0.4, -0.2) is 35.4 Å². The van der Waals surface area contributed by atoms with E-state index in [0.29, 0.717) is 10.6 Å². The van der Waals surface area contributed by atoms with Gasteiger partial charge in [-0.25, -0.2) is 0 Å². The Labute approximate surface area is 165 Å². The number of para-hydroxylation sites is 1. The predicted molar refractivity (Wildman–Crippen MR) is 111 cm³/mol. The SMILES string of the molecule is O=C(Nc1ccccc1CN1CCSCC1)c1ccc(Cl)cc1I. The maximum absolute atomic E-state index is 12.6. The number of carbonyl (C=O) groups is 1. The smallest absolute Gasteiger partial charge is 0.256 e. The molecule has 1 aliphatic rings. The maximum atomic E-state index is 12.6. The van der Waals surface area contributed by atoms with Gasteiger partial charge in [0.2, 0.25) is 0 Å². The number of thioether (sulfide) groups is 1. The minimum absolute atomic E-state index is 0.0993. The summed E-state index contributed by atoms with van der Waals surface area (Å²) in [6.45, 7) is 3.07. The molecule has 0 aliphatic carbocycles. The van der Waals surface area contributed by atoms with Crippen LogP contribution in [0.4, 0.5) is 5.69 Å². The summed E-state index contributed by atoms with van der Waals surface area (Å²) in [5.41, 5.74) is 2.68. The van der Waals surface area contributed by atoms with Gasteiger partial charge in [-0.2, -0.15) is 11.8 Å². The molecule has 0 spiro atoms. The standard InChI is InChI=1S/C18H18ClIN2OS/c19-14-5-6-15(16(20)11-14)18(23)21-17-4-2-1-3-13(17)12-22-7-9-24-10-8-22/h1-6,11H,7-10,12H2,(H,21,23). The zero-order valence-electron chi connectivity index (χ0n) is 13.1. The van der Waals surface area contributed by atoms with Crippen molar-refractivity contribution >= 4 is 57.5 Å². The average molecular weight is 473 g/mol. The summed E-state index contributed by atoms with van der Waals surface area (Å²) in [5, 5.41) is 3.70. The van der Waals surface area contributed by atoms with Crippen molar-refractivity contribution in [2.45, 2.75) is 6.54 Å². The Bertz CT molecular complexity index is 735. The zero-order valence-corrected chi connectivity index (χ0v) is 16.8. The Morgan fingerprint density at radius 1 is 1.21 bits per heavy atom. The van der Waals surface area contributed by atoms with Crippen LogP contribution in [0.15, 0.2) is 42.5 Å². The Morgan fingerprint density at radius 3 is 2.71 bits per heavy atom. The van der Waals surface area contributed by atoms with Gasteiger partial charge in [-0.1, -0.05) is 29.8 Å². The van der Waals surface area contributed by atoms with Gasteiger partial charge in [0.25, 0.3) is 5.91 Å². The first kappa shape index (κ1) is 18.0. The van der Waals surface area contributed by atoms with Crippen molar-refractivity contribution < 1.29 is 4.79 Å². The van der Waals surface area contributed by atoms with Crippen LogP contribution in [0.1, 0.15) is 15.9 Å². The molecule has 2 aromatic rings. The van der Waals surface area contributed by atoms with E-state index in [4.69, 9.17) is 11.6 Å². The summed E-state index contributed by atoms with van der Waals surface area (Å²) in [6.07, 6.45) is 0. The van der Waals surface area contributed by atoms with Gasteiger partial charge in [0.1, 0.15) is 0 Å². The summed E-state index contributed by atoms with van der Waals surface area (Å²) in [6, 6.07) is 13.3. The Morgan fingerprint density at radius 2 is 1.96 bits per heavy atom. The molecule has 0 saturated carbocycles. The van der Waals surface area contributed by atoms with E-state index < -0.39 is 0 Å². The first-order valence-electron chi connectivity index (χ1n) is 7.78. The molecule has 126 valence electrons. The van der Waals surface area contributed by atoms with Crippen LogP contribution in [0.25, 0.3) is 0 Å². The highest BCUT2D eigenvalue weighted by atomic mass is 127. The number of hydrogen-bond donors (Lipinski definition) is 1. The van der Waals surface area contributed by atoms with E-state index in [9.17, 15) is 4.79 Å². The van der Waals surface area contributed by atoms with Crippen molar-refractivity contribution in [1.29, 1.82) is 0 Å². The lowest BCUT2D eigenvalue weighted by molar-refractivity contribution is 0.102. The molecule has 1 N–H and O–H groups in total. The van der Waals surface area contributed by atoms with E-state index in [1.807, 2.05) is 30.0 Å². The maximum Gasteiger partial charge on any atom is 0.256 e. The van der Waals surface area contributed by atoms with Crippen LogP contribution < -0.4 is 5.32 Å². The number of halogens is 2. The van der Waals surface area contributed by atoms with E-state index >= 15 is 0 Å². The fourth-order valence-electron chi connectivity index (χ4n) is 2.64. The molecule has 0 unspecified atom stereocenters. The second-order valence-corrected chi connectivity index (χ2v) is 8.45. The van der Waals surface area contributed by atoms with Gasteiger partial charge in [0.05, 0.1) is 5.56 Å². The summed E-state index contributed by atoms with van der Waals surface area (Å²) in [4.78, 5) is 15.1. The summed E-state index contributed by atoms with van der Waals surface area (Å²) in [5.74, 6) is 2.26. The van der Waals surface area contributed by atoms with Gasteiger partial charge in [0, 0.05) is 45.4 Å². The highest BCUT2D eigenvalue weighted by molar-refractivity contribution is 14.1. The molecular formula is C18H18ClIN2OS. The molecule has 0 aromatic heterocycles. The van der Waals surface area contributed by atoms with E-state index in [0.717, 1.165) is 34.5 Å². The van der Waals surface area contributed by atoms with Crippen LogP contribution >= 0.6 is 46.0 Å². The zero-order chi connectivity index (χ0) is 16.9. The van der Waals surface area contributed by atoms with Gasteiger partial charge >= 0.3 is 0 Å². The van der Waals surface area contributed by atoms with E-state index in [1.165, 1.54) is 11.5 Å². The van der Waals surface area contributed by atoms with Gasteiger partial charge in [-0.05, 0) is 52.4 Å². The minimum Gasteiger partial charge on any atom is -0.322 e. The third-order valence-corrected chi connectivity index (χ3v) is 6.01. The Hall–Kier alpha value is -0.760. The predicted octanol–water partition coefficient (Wildman–Crippen LogP) is 4.75. The number of benzene rings is 2. The monoisotopic (exact) mass is 472 g/mol. The largest absolute Gasteiger partial charge is 0.322 e. The molecule has 0 radical (unpaired) electrons. The minimum atomic E-state index is -0.0993. The molecule has 1 saturated heterocycles. The Kier molecular flexibility index (Phi) is 6.43. The normalized spacial score (nSPS) is 15.2. The fraction of sp³-hybridized carbons (Fsp3) is 0.278. The average Bonchev–Trinajstić information content (AvgIpc) is 2.57. The lowest BCUT2D eigenvalue weighted by Gasteiger charge is -2.27. The number of rotatable bonds is 4. The van der Waals surface area contributed by atoms with Crippen LogP contribution in [0.5, 0.6) is 0 Å². The summed E-state index contributed by atoms with van der Waals surface area (Å²) in [7, 11) is 0. The van der Waals surface area contributed by atoms with Crippen molar-refractivity contribution in [2.24, 2.45) is 0 Å². The molecule has 24 heavy (non-hydrogen) atoms. The molecule has 1 fully saturated rings. The van der Waals surface area contributed by atoms with Crippen molar-refractivity contribution in [2.75, 3.05) is 29.9 Å². The van der Waals surface area contributed by atoms with Crippen LogP contribution in [0.2, 0.25) is 5.02 Å². The van der Waals surface area contributed by atoms with Gasteiger partial charge < -0.3 is 5.32 Å². The lowest BCUT2D eigenvalue weighted by Crippen LogP contribution is -2.32. The Balaban J connectivity index is 1.75. The number of carbonyl (C=O) groups excluding carboxylic acids is 1. The van der Waals surface area contributed by atoms with Gasteiger partial charge in [-0.3, -0.25) is 9.69 Å². The number of amides is 1. The van der Waals surface area contributed by atoms with Crippen molar-refractivity contribution in [3.8, 4) is 0 Å². The molecule has 1 aliphatic heterocycles. The molecular weight excluding hydrogens is 455 g/mol. The van der Waals surface area contributed by atoms with Crippen LogP contribution in [0.3, 0.4) is 0 Å². The van der Waals surface area contributed by atoms with Gasteiger partial charge in [0.15, 0.2) is 0 Å². The second kappa shape index (κ2) is 8.56. The number of nitrogens with zero attached hydrogens (tertiary/aromatic N) is 1. The van der Waals surface area contributed by atoms with Gasteiger partial charge in [-0.15, -0.1) is 0 Å². The number of hydrogen-bond acceptors (Lipinski definition) is 3. The molecule has 1 heterocycles.